The molecular weight excluding hydrogens is 468 g/mol. The summed E-state index contributed by atoms with van der Waals surface area (Å²) in [6.07, 6.45) is 6.42. The van der Waals surface area contributed by atoms with Gasteiger partial charge in [0, 0.05) is 17.0 Å². The summed E-state index contributed by atoms with van der Waals surface area (Å²) < 4.78 is 13.2. The van der Waals surface area contributed by atoms with Crippen molar-refractivity contribution in [3.63, 3.8) is 0 Å². The van der Waals surface area contributed by atoms with Crippen LogP contribution >= 0.6 is 23.1 Å². The van der Waals surface area contributed by atoms with Crippen molar-refractivity contribution in [2.45, 2.75) is 69.0 Å². The number of ether oxygens (including phenoxy) is 1. The highest BCUT2D eigenvalue weighted by Crippen LogP contribution is 2.35. The second-order valence-corrected chi connectivity index (χ2v) is 11.0. The van der Waals surface area contributed by atoms with Gasteiger partial charge < -0.3 is 9.26 Å². The number of nitrogens with zero attached hydrogens (tertiary/aromatic N) is 4. The number of aromatic nitrogens is 4. The molecule has 7 nitrogen and oxygen atoms in total. The van der Waals surface area contributed by atoms with Crippen molar-refractivity contribution in [3.8, 4) is 11.5 Å². The van der Waals surface area contributed by atoms with E-state index in [1.54, 1.807) is 11.3 Å². The molecule has 0 radical (unpaired) electrons. The molecule has 0 bridgehead atoms. The number of rotatable bonds is 6. The average Bonchev–Trinajstić information content (AvgIpc) is 3.60. The van der Waals surface area contributed by atoms with Gasteiger partial charge in [-0.2, -0.15) is 4.98 Å². The first kappa shape index (κ1) is 22.0. The standard InChI is InChI=1S/C25H26N4O3S2/c1-15-8-10-16(11-9-15)22-26-20(28-32-22)14-33-25-27-23-21(18-6-2-3-7-19(18)34-23)24(30)29(25)13-17-5-4-12-31-17/h8-11,17H,2-7,12-14H2,1H3. The summed E-state index contributed by atoms with van der Waals surface area (Å²) >= 11 is 3.17. The van der Waals surface area contributed by atoms with Crippen LogP contribution in [0.5, 0.6) is 0 Å². The number of aryl methyl sites for hydroxylation is 3. The van der Waals surface area contributed by atoms with E-state index in [9.17, 15) is 4.79 Å². The number of hydrogen-bond donors (Lipinski definition) is 0. The number of hydrogen-bond acceptors (Lipinski definition) is 8. The molecule has 1 saturated heterocycles. The van der Waals surface area contributed by atoms with E-state index in [2.05, 4.69) is 10.1 Å². The molecule has 0 saturated carbocycles. The first-order valence-electron chi connectivity index (χ1n) is 11.8. The molecule has 4 heterocycles. The van der Waals surface area contributed by atoms with Crippen LogP contribution < -0.4 is 5.56 Å². The number of benzene rings is 1. The van der Waals surface area contributed by atoms with Gasteiger partial charge >= 0.3 is 0 Å². The molecule has 2 aliphatic rings. The number of fused-ring (bicyclic) bond motifs is 3. The van der Waals surface area contributed by atoms with Crippen molar-refractivity contribution in [1.82, 2.24) is 19.7 Å². The Morgan fingerprint density at radius 2 is 2.00 bits per heavy atom. The molecular formula is C25H26N4O3S2. The maximum Gasteiger partial charge on any atom is 0.263 e. The Kier molecular flexibility index (Phi) is 6.01. The zero-order chi connectivity index (χ0) is 23.1. The van der Waals surface area contributed by atoms with E-state index in [1.807, 2.05) is 35.8 Å². The Morgan fingerprint density at radius 3 is 2.82 bits per heavy atom. The lowest BCUT2D eigenvalue weighted by Gasteiger charge is -2.16. The second kappa shape index (κ2) is 9.28. The maximum absolute atomic E-state index is 13.7. The van der Waals surface area contributed by atoms with Crippen LogP contribution in [-0.2, 0) is 29.9 Å². The highest BCUT2D eigenvalue weighted by molar-refractivity contribution is 7.98. The van der Waals surface area contributed by atoms with Gasteiger partial charge in [-0.1, -0.05) is 34.6 Å². The van der Waals surface area contributed by atoms with E-state index < -0.39 is 0 Å². The van der Waals surface area contributed by atoms with Gasteiger partial charge in [0.15, 0.2) is 11.0 Å². The first-order valence-corrected chi connectivity index (χ1v) is 13.6. The lowest BCUT2D eigenvalue weighted by molar-refractivity contribution is 0.0937. The van der Waals surface area contributed by atoms with Crippen LogP contribution in [0.2, 0.25) is 0 Å². The van der Waals surface area contributed by atoms with Crippen molar-refractivity contribution in [1.29, 1.82) is 0 Å². The summed E-state index contributed by atoms with van der Waals surface area (Å²) in [6, 6.07) is 8.01. The third-order valence-electron chi connectivity index (χ3n) is 6.55. The van der Waals surface area contributed by atoms with E-state index in [1.165, 1.54) is 34.2 Å². The largest absolute Gasteiger partial charge is 0.376 e. The van der Waals surface area contributed by atoms with Crippen molar-refractivity contribution in [2.24, 2.45) is 0 Å². The fourth-order valence-electron chi connectivity index (χ4n) is 4.74. The predicted molar refractivity (Wildman–Crippen MR) is 134 cm³/mol. The van der Waals surface area contributed by atoms with E-state index >= 15 is 0 Å². The highest BCUT2D eigenvalue weighted by atomic mass is 32.2. The molecule has 9 heteroatoms. The summed E-state index contributed by atoms with van der Waals surface area (Å²) in [7, 11) is 0. The van der Waals surface area contributed by atoms with Gasteiger partial charge in [-0.3, -0.25) is 9.36 Å². The van der Waals surface area contributed by atoms with Gasteiger partial charge in [0.1, 0.15) is 4.83 Å². The van der Waals surface area contributed by atoms with Crippen LogP contribution in [0.4, 0.5) is 0 Å². The van der Waals surface area contributed by atoms with Crippen LogP contribution in [-0.4, -0.2) is 32.4 Å². The van der Waals surface area contributed by atoms with Gasteiger partial charge in [-0.15, -0.1) is 11.3 Å². The molecule has 4 aromatic rings. The quantitative estimate of drug-likeness (QED) is 0.270. The molecule has 176 valence electrons. The van der Waals surface area contributed by atoms with Crippen LogP contribution in [0.15, 0.2) is 38.7 Å². The predicted octanol–water partition coefficient (Wildman–Crippen LogP) is 5.17. The fourth-order valence-corrected chi connectivity index (χ4v) is 6.89. The molecule has 1 aliphatic heterocycles. The minimum absolute atomic E-state index is 0.0593. The summed E-state index contributed by atoms with van der Waals surface area (Å²) in [5.74, 6) is 1.56. The Balaban J connectivity index is 1.32. The Bertz CT molecular complexity index is 1380. The van der Waals surface area contributed by atoms with Crippen LogP contribution in [0.25, 0.3) is 21.7 Å². The molecule has 6 rings (SSSR count). The molecule has 3 aromatic heterocycles. The normalized spacial score (nSPS) is 18.0. The summed E-state index contributed by atoms with van der Waals surface area (Å²) in [4.78, 5) is 25.4. The van der Waals surface area contributed by atoms with Crippen LogP contribution in [0.3, 0.4) is 0 Å². The zero-order valence-electron chi connectivity index (χ0n) is 19.1. The molecule has 1 fully saturated rings. The Labute approximate surface area is 205 Å². The smallest absolute Gasteiger partial charge is 0.263 e. The molecule has 1 aliphatic carbocycles. The molecule has 34 heavy (non-hydrogen) atoms. The fraction of sp³-hybridized carbons (Fsp3) is 0.440. The van der Waals surface area contributed by atoms with Crippen molar-refractivity contribution < 1.29 is 9.26 Å². The lowest BCUT2D eigenvalue weighted by Crippen LogP contribution is -2.29. The molecule has 0 spiro atoms. The third-order valence-corrected chi connectivity index (χ3v) is 8.71. The monoisotopic (exact) mass is 494 g/mol. The molecule has 1 unspecified atom stereocenters. The Hall–Kier alpha value is -2.49. The van der Waals surface area contributed by atoms with E-state index in [0.717, 1.165) is 54.5 Å². The van der Waals surface area contributed by atoms with Gasteiger partial charge in [-0.25, -0.2) is 4.98 Å². The average molecular weight is 495 g/mol. The zero-order valence-corrected chi connectivity index (χ0v) is 20.7. The van der Waals surface area contributed by atoms with Gasteiger partial charge in [0.2, 0.25) is 0 Å². The number of thioether (sulfide) groups is 1. The summed E-state index contributed by atoms with van der Waals surface area (Å²) in [5.41, 5.74) is 3.37. The SMILES string of the molecule is Cc1ccc(-c2nc(CSc3nc4sc5c(c4c(=O)n3CC3CCCO3)CCCC5)no2)cc1. The summed E-state index contributed by atoms with van der Waals surface area (Å²) in [5, 5.41) is 5.68. The van der Waals surface area contributed by atoms with Crippen molar-refractivity contribution in [2.75, 3.05) is 6.61 Å². The number of thiophene rings is 1. The van der Waals surface area contributed by atoms with Gasteiger partial charge in [-0.05, 0) is 63.1 Å². The van der Waals surface area contributed by atoms with Crippen molar-refractivity contribution in [3.05, 3.63) is 56.4 Å². The molecule has 0 N–H and O–H groups in total. The lowest BCUT2D eigenvalue weighted by atomic mass is 9.97. The minimum atomic E-state index is 0.0593. The van der Waals surface area contributed by atoms with Crippen LogP contribution in [0.1, 0.15) is 47.5 Å². The van der Waals surface area contributed by atoms with Gasteiger partial charge in [0.05, 0.1) is 23.8 Å². The maximum atomic E-state index is 13.7. The summed E-state index contributed by atoms with van der Waals surface area (Å²) in [6.45, 7) is 3.34. The second-order valence-electron chi connectivity index (χ2n) is 9.01. The molecule has 0 amide bonds. The molecule has 1 aromatic carbocycles. The van der Waals surface area contributed by atoms with Crippen LogP contribution in [0, 0.1) is 6.92 Å². The highest BCUT2D eigenvalue weighted by Gasteiger charge is 2.25. The van der Waals surface area contributed by atoms with Gasteiger partial charge in [0.25, 0.3) is 11.4 Å². The van der Waals surface area contributed by atoms with E-state index in [-0.39, 0.29) is 11.7 Å². The third kappa shape index (κ3) is 4.21. The molecule has 1 atom stereocenters. The van der Waals surface area contributed by atoms with Crippen molar-refractivity contribution >= 4 is 33.3 Å². The minimum Gasteiger partial charge on any atom is -0.376 e. The van der Waals surface area contributed by atoms with E-state index in [4.69, 9.17) is 14.2 Å². The van der Waals surface area contributed by atoms with E-state index in [0.29, 0.717) is 29.2 Å². The topological polar surface area (TPSA) is 83.0 Å². The first-order chi connectivity index (χ1) is 16.7. The Morgan fingerprint density at radius 1 is 1.15 bits per heavy atom.